The molecule has 1 aromatic carbocycles. The summed E-state index contributed by atoms with van der Waals surface area (Å²) in [6, 6.07) is 3.95. The van der Waals surface area contributed by atoms with Crippen molar-refractivity contribution >= 4 is 49.1 Å². The van der Waals surface area contributed by atoms with Gasteiger partial charge in [0, 0.05) is 5.02 Å². The molecule has 0 N–H and O–H groups in total. The molecule has 0 spiro atoms. The van der Waals surface area contributed by atoms with Gasteiger partial charge in [-0.3, -0.25) is 0 Å². The summed E-state index contributed by atoms with van der Waals surface area (Å²) in [6.45, 7) is 2.00. The zero-order valence-electron chi connectivity index (χ0n) is 6.27. The lowest BCUT2D eigenvalue weighted by atomic mass is 10.2. The van der Waals surface area contributed by atoms with Gasteiger partial charge in [-0.2, -0.15) is 0 Å². The molecule has 1 aromatic heterocycles. The number of aromatic nitrogens is 1. The van der Waals surface area contributed by atoms with Crippen LogP contribution in [0.2, 0.25) is 5.02 Å². The lowest BCUT2D eigenvalue weighted by Gasteiger charge is -1.94. The fourth-order valence-corrected chi connectivity index (χ4v) is 2.66. The second kappa shape index (κ2) is 2.98. The van der Waals surface area contributed by atoms with Crippen molar-refractivity contribution in [2.45, 2.75) is 6.92 Å². The van der Waals surface area contributed by atoms with Crippen molar-refractivity contribution in [3.05, 3.63) is 26.6 Å². The van der Waals surface area contributed by atoms with E-state index in [1.54, 1.807) is 11.3 Å². The first-order valence-corrected chi connectivity index (χ1v) is 5.38. The number of benzene rings is 1. The minimum Gasteiger partial charge on any atom is -0.229 e. The van der Waals surface area contributed by atoms with Crippen molar-refractivity contribution in [3.8, 4) is 0 Å². The van der Waals surface area contributed by atoms with E-state index in [9.17, 15) is 0 Å². The van der Waals surface area contributed by atoms with Gasteiger partial charge in [-0.05, 0) is 40.5 Å². The van der Waals surface area contributed by atoms with E-state index in [4.69, 9.17) is 11.6 Å². The predicted octanol–water partition coefficient (Wildman–Crippen LogP) is 4.02. The Morgan fingerprint density at radius 1 is 1.50 bits per heavy atom. The Hall–Kier alpha value is -0.120. The second-order valence-corrected chi connectivity index (χ2v) is 5.25. The Morgan fingerprint density at radius 3 is 3.00 bits per heavy atom. The minimum atomic E-state index is 0.778. The summed E-state index contributed by atoms with van der Waals surface area (Å²) < 4.78 is 2.07. The Bertz CT molecular complexity index is 399. The number of halogens is 2. The zero-order chi connectivity index (χ0) is 8.72. The predicted molar refractivity (Wildman–Crippen MR) is 57.1 cm³/mol. The van der Waals surface area contributed by atoms with Crippen molar-refractivity contribution in [2.24, 2.45) is 0 Å². The van der Waals surface area contributed by atoms with Gasteiger partial charge in [-0.1, -0.05) is 11.6 Å². The monoisotopic (exact) mass is 261 g/mol. The first-order valence-electron chi connectivity index (χ1n) is 3.39. The molecule has 1 heterocycles. The summed E-state index contributed by atoms with van der Waals surface area (Å²) in [5, 5.41) is 0.778. The number of thiazole rings is 1. The average Bonchev–Trinajstić information content (AvgIpc) is 2.30. The highest BCUT2D eigenvalue weighted by atomic mass is 79.9. The molecule has 4 heteroatoms. The van der Waals surface area contributed by atoms with Gasteiger partial charge in [-0.25, -0.2) is 4.98 Å². The normalized spacial score (nSPS) is 10.9. The smallest absolute Gasteiger partial charge is 0.160 e. The van der Waals surface area contributed by atoms with E-state index in [2.05, 4.69) is 27.0 Å². The molecule has 0 unspecified atom stereocenters. The number of nitrogens with zero attached hydrogens (tertiary/aromatic N) is 1. The third-order valence-corrected chi connectivity index (χ3v) is 3.52. The van der Waals surface area contributed by atoms with E-state index >= 15 is 0 Å². The maximum atomic E-state index is 5.95. The Labute approximate surface area is 87.5 Å². The third kappa shape index (κ3) is 1.37. The van der Waals surface area contributed by atoms with Gasteiger partial charge in [0.15, 0.2) is 3.92 Å². The van der Waals surface area contributed by atoms with E-state index in [1.165, 1.54) is 4.70 Å². The molecule has 0 amide bonds. The van der Waals surface area contributed by atoms with Crippen LogP contribution in [0.25, 0.3) is 10.2 Å². The van der Waals surface area contributed by atoms with Gasteiger partial charge >= 0.3 is 0 Å². The fourth-order valence-electron chi connectivity index (χ4n) is 1.02. The standard InChI is InChI=1S/C8H5BrClNS/c1-4-2-7-6(3-5(4)10)11-8(9)12-7/h2-3H,1H3. The van der Waals surface area contributed by atoms with Crippen LogP contribution in [0.1, 0.15) is 5.56 Å². The average molecular weight is 263 g/mol. The lowest BCUT2D eigenvalue weighted by Crippen LogP contribution is -1.74. The minimum absolute atomic E-state index is 0.778. The Kier molecular flexibility index (Phi) is 2.10. The van der Waals surface area contributed by atoms with E-state index < -0.39 is 0 Å². The molecule has 2 rings (SSSR count). The quantitative estimate of drug-likeness (QED) is 0.699. The first kappa shape index (κ1) is 8.48. The third-order valence-electron chi connectivity index (χ3n) is 1.64. The summed E-state index contributed by atoms with van der Waals surface area (Å²) >= 11 is 10.9. The van der Waals surface area contributed by atoms with Gasteiger partial charge in [0.25, 0.3) is 0 Å². The molecule has 0 bridgehead atoms. The molecule has 0 radical (unpaired) electrons. The van der Waals surface area contributed by atoms with Gasteiger partial charge in [-0.15, -0.1) is 11.3 Å². The highest BCUT2D eigenvalue weighted by Gasteiger charge is 2.03. The largest absolute Gasteiger partial charge is 0.229 e. The highest BCUT2D eigenvalue weighted by Crippen LogP contribution is 2.29. The van der Waals surface area contributed by atoms with E-state index in [0.29, 0.717) is 0 Å². The second-order valence-electron chi connectivity index (χ2n) is 2.54. The van der Waals surface area contributed by atoms with Crippen LogP contribution >= 0.6 is 38.9 Å². The van der Waals surface area contributed by atoms with Crippen molar-refractivity contribution < 1.29 is 0 Å². The molecule has 12 heavy (non-hydrogen) atoms. The number of hydrogen-bond donors (Lipinski definition) is 0. The summed E-state index contributed by atoms with van der Waals surface area (Å²) in [5.41, 5.74) is 2.06. The van der Waals surface area contributed by atoms with Crippen LogP contribution < -0.4 is 0 Å². The van der Waals surface area contributed by atoms with Gasteiger partial charge in [0.05, 0.1) is 10.2 Å². The summed E-state index contributed by atoms with van der Waals surface area (Å²) in [7, 11) is 0. The van der Waals surface area contributed by atoms with E-state index in [-0.39, 0.29) is 0 Å². The molecule has 62 valence electrons. The molecule has 0 atom stereocenters. The van der Waals surface area contributed by atoms with Crippen LogP contribution in [0.4, 0.5) is 0 Å². The molecular weight excluding hydrogens is 258 g/mol. The van der Waals surface area contributed by atoms with Gasteiger partial charge in [0.1, 0.15) is 0 Å². The molecule has 0 saturated carbocycles. The molecule has 0 aliphatic rings. The van der Waals surface area contributed by atoms with Crippen molar-refractivity contribution in [2.75, 3.05) is 0 Å². The molecule has 0 fully saturated rings. The maximum absolute atomic E-state index is 5.95. The molecule has 0 saturated heterocycles. The van der Waals surface area contributed by atoms with Gasteiger partial charge < -0.3 is 0 Å². The molecule has 2 aromatic rings. The fraction of sp³-hybridized carbons (Fsp3) is 0.125. The number of hydrogen-bond acceptors (Lipinski definition) is 2. The summed E-state index contributed by atoms with van der Waals surface area (Å²) in [6.07, 6.45) is 0. The van der Waals surface area contributed by atoms with Crippen molar-refractivity contribution in [1.29, 1.82) is 0 Å². The van der Waals surface area contributed by atoms with E-state index in [0.717, 1.165) is 20.0 Å². The highest BCUT2D eigenvalue weighted by molar-refractivity contribution is 9.11. The SMILES string of the molecule is Cc1cc2sc(Br)nc2cc1Cl. The lowest BCUT2D eigenvalue weighted by molar-refractivity contribution is 1.43. The number of rotatable bonds is 0. The van der Waals surface area contributed by atoms with Gasteiger partial charge in [0.2, 0.25) is 0 Å². The van der Waals surface area contributed by atoms with Crippen LogP contribution in [-0.4, -0.2) is 4.98 Å². The number of fused-ring (bicyclic) bond motifs is 1. The van der Waals surface area contributed by atoms with Crippen LogP contribution in [0.5, 0.6) is 0 Å². The maximum Gasteiger partial charge on any atom is 0.160 e. The molecule has 1 nitrogen and oxygen atoms in total. The van der Waals surface area contributed by atoms with Crippen LogP contribution in [0, 0.1) is 6.92 Å². The van der Waals surface area contributed by atoms with Crippen LogP contribution in [0.3, 0.4) is 0 Å². The van der Waals surface area contributed by atoms with E-state index in [1.807, 2.05) is 13.0 Å². The molecule has 0 aliphatic heterocycles. The van der Waals surface area contributed by atoms with Crippen LogP contribution in [0.15, 0.2) is 16.0 Å². The Morgan fingerprint density at radius 2 is 2.25 bits per heavy atom. The van der Waals surface area contributed by atoms with Crippen molar-refractivity contribution in [1.82, 2.24) is 4.98 Å². The first-order chi connectivity index (χ1) is 5.66. The molecular formula is C8H5BrClNS. The topological polar surface area (TPSA) is 12.9 Å². The molecule has 0 aliphatic carbocycles. The zero-order valence-corrected chi connectivity index (χ0v) is 9.42. The Balaban J connectivity index is 2.83. The van der Waals surface area contributed by atoms with Crippen LogP contribution in [-0.2, 0) is 0 Å². The van der Waals surface area contributed by atoms with Crippen molar-refractivity contribution in [3.63, 3.8) is 0 Å². The summed E-state index contributed by atoms with van der Waals surface area (Å²) in [4.78, 5) is 4.27. The number of aryl methyl sites for hydroxylation is 1. The summed E-state index contributed by atoms with van der Waals surface area (Å²) in [5.74, 6) is 0.